The molecule has 0 fully saturated rings. The fourth-order valence-electron chi connectivity index (χ4n) is 1.59. The molecule has 3 nitrogen and oxygen atoms in total. The van der Waals surface area contributed by atoms with Gasteiger partial charge in [0.1, 0.15) is 0 Å². The molecule has 4 heteroatoms. The second-order valence-corrected chi connectivity index (χ2v) is 4.85. The van der Waals surface area contributed by atoms with Crippen molar-refractivity contribution in [3.05, 3.63) is 58.1 Å². The summed E-state index contributed by atoms with van der Waals surface area (Å²) in [6, 6.07) is 11.6. The summed E-state index contributed by atoms with van der Waals surface area (Å²) in [5.74, 6) is -0.612. The molecule has 0 aliphatic heterocycles. The van der Waals surface area contributed by atoms with E-state index in [1.807, 2.05) is 24.3 Å². The van der Waals surface area contributed by atoms with Gasteiger partial charge in [-0.3, -0.25) is 4.79 Å². The standard InChI is InChI=1S/C14H11BrO3/c15-11-4-1-9(2-5-11)7-13(17)10-3-6-12(16)14(18)8-10/h1-6,8,16,18H,7H2. The number of rotatable bonds is 3. The van der Waals surface area contributed by atoms with E-state index in [-0.39, 0.29) is 23.7 Å². The molecule has 0 heterocycles. The van der Waals surface area contributed by atoms with Crippen molar-refractivity contribution in [3.63, 3.8) is 0 Å². The van der Waals surface area contributed by atoms with Gasteiger partial charge in [0, 0.05) is 16.5 Å². The lowest BCUT2D eigenvalue weighted by Crippen LogP contribution is -2.03. The highest BCUT2D eigenvalue weighted by Gasteiger charge is 2.09. The number of hydrogen-bond donors (Lipinski definition) is 2. The lowest BCUT2D eigenvalue weighted by molar-refractivity contribution is 0.0992. The zero-order valence-corrected chi connectivity index (χ0v) is 11.0. The molecule has 92 valence electrons. The molecule has 2 aromatic carbocycles. The van der Waals surface area contributed by atoms with Crippen LogP contribution in [0.5, 0.6) is 11.5 Å². The van der Waals surface area contributed by atoms with E-state index in [4.69, 9.17) is 0 Å². The lowest BCUT2D eigenvalue weighted by atomic mass is 10.0. The van der Waals surface area contributed by atoms with Crippen molar-refractivity contribution in [3.8, 4) is 11.5 Å². The molecule has 0 unspecified atom stereocenters. The Labute approximate surface area is 113 Å². The van der Waals surface area contributed by atoms with Crippen LogP contribution in [0.2, 0.25) is 0 Å². The third-order valence-electron chi connectivity index (χ3n) is 2.58. The zero-order chi connectivity index (χ0) is 13.1. The smallest absolute Gasteiger partial charge is 0.167 e. The van der Waals surface area contributed by atoms with Crippen molar-refractivity contribution < 1.29 is 15.0 Å². The summed E-state index contributed by atoms with van der Waals surface area (Å²) in [6.07, 6.45) is 0.261. The highest BCUT2D eigenvalue weighted by atomic mass is 79.9. The minimum absolute atomic E-state index is 0.104. The number of hydrogen-bond acceptors (Lipinski definition) is 3. The number of aromatic hydroxyl groups is 2. The third-order valence-corrected chi connectivity index (χ3v) is 3.10. The van der Waals surface area contributed by atoms with Crippen LogP contribution in [0.15, 0.2) is 46.9 Å². The predicted molar refractivity (Wildman–Crippen MR) is 71.9 cm³/mol. The van der Waals surface area contributed by atoms with Crippen molar-refractivity contribution in [2.45, 2.75) is 6.42 Å². The number of phenolic OH excluding ortho intramolecular Hbond substituents is 2. The molecule has 0 aromatic heterocycles. The number of carbonyl (C=O) groups excluding carboxylic acids is 1. The van der Waals surface area contributed by atoms with E-state index in [2.05, 4.69) is 15.9 Å². The quantitative estimate of drug-likeness (QED) is 0.676. The monoisotopic (exact) mass is 306 g/mol. The Hall–Kier alpha value is -1.81. The third kappa shape index (κ3) is 2.90. The molecular weight excluding hydrogens is 296 g/mol. The molecule has 0 saturated heterocycles. The fourth-order valence-corrected chi connectivity index (χ4v) is 1.85. The highest BCUT2D eigenvalue weighted by molar-refractivity contribution is 9.10. The lowest BCUT2D eigenvalue weighted by Gasteiger charge is -2.03. The van der Waals surface area contributed by atoms with E-state index in [1.54, 1.807) is 0 Å². The van der Waals surface area contributed by atoms with Gasteiger partial charge in [0.25, 0.3) is 0 Å². The Balaban J connectivity index is 2.16. The van der Waals surface area contributed by atoms with Gasteiger partial charge in [-0.2, -0.15) is 0 Å². The minimum atomic E-state index is -0.281. The largest absolute Gasteiger partial charge is 0.504 e. The van der Waals surface area contributed by atoms with Crippen molar-refractivity contribution in [2.24, 2.45) is 0 Å². The van der Waals surface area contributed by atoms with Crippen LogP contribution in [0.4, 0.5) is 0 Å². The van der Waals surface area contributed by atoms with Crippen LogP contribution in [0.25, 0.3) is 0 Å². The van der Waals surface area contributed by atoms with Gasteiger partial charge < -0.3 is 10.2 Å². The summed E-state index contributed by atoms with van der Waals surface area (Å²) in [7, 11) is 0. The number of Topliss-reactive ketones (excluding diaryl/α,β-unsaturated/α-hetero) is 1. The maximum absolute atomic E-state index is 12.0. The van der Waals surface area contributed by atoms with Crippen LogP contribution in [0.3, 0.4) is 0 Å². The van der Waals surface area contributed by atoms with Gasteiger partial charge in [-0.25, -0.2) is 0 Å². The van der Waals surface area contributed by atoms with Gasteiger partial charge in [0.05, 0.1) is 0 Å². The van der Waals surface area contributed by atoms with E-state index < -0.39 is 0 Å². The van der Waals surface area contributed by atoms with Crippen LogP contribution in [0.1, 0.15) is 15.9 Å². The first-order valence-electron chi connectivity index (χ1n) is 5.36. The molecule has 0 saturated carbocycles. The van der Waals surface area contributed by atoms with Crippen LogP contribution in [-0.2, 0) is 6.42 Å². The van der Waals surface area contributed by atoms with Gasteiger partial charge in [0.2, 0.25) is 0 Å². The molecule has 2 aromatic rings. The highest BCUT2D eigenvalue weighted by Crippen LogP contribution is 2.25. The second kappa shape index (κ2) is 5.23. The number of ketones is 1. The zero-order valence-electron chi connectivity index (χ0n) is 9.43. The number of halogens is 1. The molecule has 0 spiro atoms. The van der Waals surface area contributed by atoms with Gasteiger partial charge in [-0.1, -0.05) is 28.1 Å². The molecule has 18 heavy (non-hydrogen) atoms. The van der Waals surface area contributed by atoms with E-state index in [0.717, 1.165) is 10.0 Å². The molecule has 0 aliphatic carbocycles. The van der Waals surface area contributed by atoms with Crippen molar-refractivity contribution >= 4 is 21.7 Å². The molecule has 0 amide bonds. The first kappa shape index (κ1) is 12.6. The molecular formula is C14H11BrO3. The van der Waals surface area contributed by atoms with Crippen molar-refractivity contribution in [1.82, 2.24) is 0 Å². The summed E-state index contributed by atoms with van der Waals surface area (Å²) in [5, 5.41) is 18.5. The Morgan fingerprint density at radius 1 is 1.00 bits per heavy atom. The van der Waals surface area contributed by atoms with Crippen molar-refractivity contribution in [1.29, 1.82) is 0 Å². The summed E-state index contributed by atoms with van der Waals surface area (Å²) < 4.78 is 0.959. The molecule has 0 bridgehead atoms. The molecule has 2 N–H and O–H groups in total. The predicted octanol–water partition coefficient (Wildman–Crippen LogP) is 3.29. The number of benzene rings is 2. The molecule has 0 aliphatic rings. The molecule has 0 atom stereocenters. The first-order valence-corrected chi connectivity index (χ1v) is 6.15. The molecule has 2 rings (SSSR count). The van der Waals surface area contributed by atoms with Gasteiger partial charge in [0.15, 0.2) is 17.3 Å². The SMILES string of the molecule is O=C(Cc1ccc(Br)cc1)c1ccc(O)c(O)c1. The Bertz CT molecular complexity index is 576. The maximum atomic E-state index is 12.0. The summed E-state index contributed by atoms with van der Waals surface area (Å²) in [6.45, 7) is 0. The number of phenols is 2. The van der Waals surface area contributed by atoms with Crippen LogP contribution >= 0.6 is 15.9 Å². The Morgan fingerprint density at radius 3 is 2.28 bits per heavy atom. The van der Waals surface area contributed by atoms with Crippen LogP contribution in [-0.4, -0.2) is 16.0 Å². The normalized spacial score (nSPS) is 10.3. The van der Waals surface area contributed by atoms with E-state index >= 15 is 0 Å². The summed E-state index contributed by atoms with van der Waals surface area (Å²) in [5.41, 5.74) is 1.28. The van der Waals surface area contributed by atoms with Gasteiger partial charge >= 0.3 is 0 Å². The van der Waals surface area contributed by atoms with E-state index in [0.29, 0.717) is 5.56 Å². The van der Waals surface area contributed by atoms with Crippen LogP contribution < -0.4 is 0 Å². The Morgan fingerprint density at radius 2 is 1.67 bits per heavy atom. The first-order chi connectivity index (χ1) is 8.56. The van der Waals surface area contributed by atoms with E-state index in [1.165, 1.54) is 18.2 Å². The minimum Gasteiger partial charge on any atom is -0.504 e. The average molecular weight is 307 g/mol. The van der Waals surface area contributed by atoms with Gasteiger partial charge in [-0.15, -0.1) is 0 Å². The Kier molecular flexibility index (Phi) is 3.67. The summed E-state index contributed by atoms with van der Waals surface area (Å²) in [4.78, 5) is 12.0. The maximum Gasteiger partial charge on any atom is 0.167 e. The topological polar surface area (TPSA) is 57.5 Å². The van der Waals surface area contributed by atoms with Crippen molar-refractivity contribution in [2.75, 3.05) is 0 Å². The van der Waals surface area contributed by atoms with Crippen LogP contribution in [0, 0.1) is 0 Å². The fraction of sp³-hybridized carbons (Fsp3) is 0.0714. The molecule has 0 radical (unpaired) electrons. The number of carbonyl (C=O) groups is 1. The summed E-state index contributed by atoms with van der Waals surface area (Å²) >= 11 is 3.33. The second-order valence-electron chi connectivity index (χ2n) is 3.93. The van der Waals surface area contributed by atoms with Gasteiger partial charge in [-0.05, 0) is 35.9 Å². The average Bonchev–Trinajstić information content (AvgIpc) is 2.35. The van der Waals surface area contributed by atoms with E-state index in [9.17, 15) is 15.0 Å².